The molecule has 1 aromatic heterocycles. The number of oxazole rings is 1. The number of aromatic nitrogens is 1. The molecule has 1 heterocycles. The van der Waals surface area contributed by atoms with Gasteiger partial charge in [0, 0.05) is 7.05 Å². The van der Waals surface area contributed by atoms with Gasteiger partial charge in [-0.05, 0) is 36.5 Å². The van der Waals surface area contributed by atoms with Gasteiger partial charge in [0.1, 0.15) is 0 Å². The topological polar surface area (TPSA) is 55.4 Å². The molecular weight excluding hydrogens is 254 g/mol. The number of nitrogens with zero attached hydrogens (tertiary/aromatic N) is 1. The molecule has 0 aliphatic heterocycles. The third-order valence-corrected chi connectivity index (χ3v) is 4.52. The van der Waals surface area contributed by atoms with Gasteiger partial charge in [0.05, 0.1) is 11.6 Å². The van der Waals surface area contributed by atoms with Crippen molar-refractivity contribution in [1.29, 1.82) is 0 Å². The van der Waals surface area contributed by atoms with Crippen LogP contribution in [-0.4, -0.2) is 9.67 Å². The molecule has 4 heteroatoms. The fraction of sp³-hybridized carbons (Fsp3) is 0.562. The van der Waals surface area contributed by atoms with E-state index >= 15 is 0 Å². The Balaban J connectivity index is 1.73. The van der Waals surface area contributed by atoms with E-state index in [-0.39, 0.29) is 5.76 Å². The largest absolute Gasteiger partial charge is 0.419 e. The van der Waals surface area contributed by atoms with Gasteiger partial charge in [0.2, 0.25) is 0 Å². The molecule has 4 nitrogen and oxygen atoms in total. The van der Waals surface area contributed by atoms with Crippen LogP contribution in [0.3, 0.4) is 0 Å². The van der Waals surface area contributed by atoms with Crippen LogP contribution in [0.4, 0.5) is 0 Å². The summed E-state index contributed by atoms with van der Waals surface area (Å²) in [6, 6.07) is 5.51. The first-order chi connectivity index (χ1) is 9.65. The van der Waals surface area contributed by atoms with E-state index in [1.165, 1.54) is 30.3 Å². The van der Waals surface area contributed by atoms with E-state index in [1.807, 2.05) is 12.1 Å². The highest BCUT2D eigenvalue weighted by molar-refractivity contribution is 5.73. The van der Waals surface area contributed by atoms with Crippen molar-refractivity contribution < 1.29 is 9.52 Å². The summed E-state index contributed by atoms with van der Waals surface area (Å²) in [7, 11) is 1.68. The van der Waals surface area contributed by atoms with E-state index in [4.69, 9.17) is 4.42 Å². The minimum absolute atomic E-state index is 0.363. The molecule has 1 unspecified atom stereocenters. The summed E-state index contributed by atoms with van der Waals surface area (Å²) >= 11 is 0. The second-order valence-electron chi connectivity index (χ2n) is 5.90. The first-order valence-corrected chi connectivity index (χ1v) is 7.42. The molecule has 1 aromatic carbocycles. The Kier molecular flexibility index (Phi) is 3.66. The maximum Gasteiger partial charge on any atom is 0.419 e. The number of aliphatic hydroxyl groups is 1. The number of benzene rings is 1. The van der Waals surface area contributed by atoms with Crippen LogP contribution >= 0.6 is 0 Å². The van der Waals surface area contributed by atoms with Crippen LogP contribution in [-0.2, 0) is 7.05 Å². The molecule has 1 aliphatic rings. The summed E-state index contributed by atoms with van der Waals surface area (Å²) in [5.74, 6) is 0.417. The minimum Gasteiger partial charge on any atom is -0.408 e. The Morgan fingerprint density at radius 1 is 1.40 bits per heavy atom. The van der Waals surface area contributed by atoms with Crippen LogP contribution in [0.25, 0.3) is 11.1 Å². The molecule has 3 rings (SSSR count). The van der Waals surface area contributed by atoms with Crippen LogP contribution in [0.2, 0.25) is 0 Å². The number of fused-ring (bicyclic) bond motifs is 1. The standard InChI is InChI=1S/C16H21NO3/c1-17-13-8-7-12(10-15(13)20-16(17)19)14(18)9-6-11-4-2-3-5-11/h7-8,10-11,14,18H,2-6,9H2,1H3. The smallest absolute Gasteiger partial charge is 0.408 e. The van der Waals surface area contributed by atoms with Crippen LogP contribution in [0.15, 0.2) is 27.4 Å². The molecule has 1 aliphatic carbocycles. The maximum atomic E-state index is 11.5. The molecular formula is C16H21NO3. The molecule has 0 amide bonds. The van der Waals surface area contributed by atoms with Gasteiger partial charge in [-0.15, -0.1) is 0 Å². The van der Waals surface area contributed by atoms with Crippen molar-refractivity contribution in [2.45, 2.75) is 44.6 Å². The number of aryl methyl sites for hydroxylation is 1. The van der Waals surface area contributed by atoms with Gasteiger partial charge in [-0.2, -0.15) is 0 Å². The zero-order chi connectivity index (χ0) is 14.1. The second kappa shape index (κ2) is 5.44. The Labute approximate surface area is 118 Å². The van der Waals surface area contributed by atoms with Crippen molar-refractivity contribution in [3.05, 3.63) is 34.3 Å². The molecule has 1 N–H and O–H groups in total. The van der Waals surface area contributed by atoms with Crippen LogP contribution in [0.5, 0.6) is 0 Å². The Bertz CT molecular complexity index is 649. The molecule has 0 radical (unpaired) electrons. The van der Waals surface area contributed by atoms with Crippen molar-refractivity contribution >= 4 is 11.1 Å². The van der Waals surface area contributed by atoms with Gasteiger partial charge < -0.3 is 9.52 Å². The summed E-state index contributed by atoms with van der Waals surface area (Å²) < 4.78 is 6.64. The molecule has 2 aromatic rings. The second-order valence-corrected chi connectivity index (χ2v) is 5.90. The maximum absolute atomic E-state index is 11.5. The lowest BCUT2D eigenvalue weighted by Crippen LogP contribution is -2.08. The molecule has 1 fully saturated rings. The third kappa shape index (κ3) is 2.52. The first-order valence-electron chi connectivity index (χ1n) is 7.42. The normalized spacial score (nSPS) is 17.9. The van der Waals surface area contributed by atoms with Crippen molar-refractivity contribution in [2.24, 2.45) is 13.0 Å². The first kappa shape index (κ1) is 13.4. The molecule has 0 spiro atoms. The number of hydrogen-bond donors (Lipinski definition) is 1. The lowest BCUT2D eigenvalue weighted by molar-refractivity contribution is 0.157. The molecule has 0 bridgehead atoms. The lowest BCUT2D eigenvalue weighted by Gasteiger charge is -2.14. The number of rotatable bonds is 4. The van der Waals surface area contributed by atoms with E-state index in [1.54, 1.807) is 13.1 Å². The van der Waals surface area contributed by atoms with Gasteiger partial charge in [-0.1, -0.05) is 31.7 Å². The predicted octanol–water partition coefficient (Wildman–Crippen LogP) is 3.14. The summed E-state index contributed by atoms with van der Waals surface area (Å²) in [4.78, 5) is 11.5. The molecule has 108 valence electrons. The highest BCUT2D eigenvalue weighted by Crippen LogP contribution is 2.31. The minimum atomic E-state index is -0.467. The summed E-state index contributed by atoms with van der Waals surface area (Å²) in [5.41, 5.74) is 2.15. The third-order valence-electron chi connectivity index (χ3n) is 4.52. The van der Waals surface area contributed by atoms with Gasteiger partial charge in [-0.25, -0.2) is 4.79 Å². The van der Waals surface area contributed by atoms with Crippen molar-refractivity contribution in [2.75, 3.05) is 0 Å². The molecule has 0 saturated heterocycles. The van der Waals surface area contributed by atoms with E-state index < -0.39 is 6.10 Å². The van der Waals surface area contributed by atoms with Gasteiger partial charge in [0.15, 0.2) is 5.58 Å². The monoisotopic (exact) mass is 275 g/mol. The fourth-order valence-corrected chi connectivity index (χ4v) is 3.22. The predicted molar refractivity (Wildman–Crippen MR) is 77.6 cm³/mol. The molecule has 1 atom stereocenters. The Morgan fingerprint density at radius 3 is 2.90 bits per heavy atom. The van der Waals surface area contributed by atoms with Gasteiger partial charge >= 0.3 is 5.76 Å². The summed E-state index contributed by atoms with van der Waals surface area (Å²) in [5, 5.41) is 10.3. The van der Waals surface area contributed by atoms with E-state index in [2.05, 4.69) is 0 Å². The average molecular weight is 275 g/mol. The van der Waals surface area contributed by atoms with Crippen LogP contribution in [0.1, 0.15) is 50.2 Å². The van der Waals surface area contributed by atoms with E-state index in [0.29, 0.717) is 5.58 Å². The molecule has 1 saturated carbocycles. The lowest BCUT2D eigenvalue weighted by atomic mass is 9.96. The van der Waals surface area contributed by atoms with Gasteiger partial charge in [0.25, 0.3) is 0 Å². The highest BCUT2D eigenvalue weighted by Gasteiger charge is 2.18. The Morgan fingerprint density at radius 2 is 2.15 bits per heavy atom. The summed E-state index contributed by atoms with van der Waals surface area (Å²) in [6.45, 7) is 0. The van der Waals surface area contributed by atoms with Crippen LogP contribution in [0, 0.1) is 5.92 Å². The quantitative estimate of drug-likeness (QED) is 0.932. The zero-order valence-electron chi connectivity index (χ0n) is 11.8. The summed E-state index contributed by atoms with van der Waals surface area (Å²) in [6.07, 6.45) is 6.68. The van der Waals surface area contributed by atoms with E-state index in [9.17, 15) is 9.90 Å². The molecule has 20 heavy (non-hydrogen) atoms. The number of hydrogen-bond acceptors (Lipinski definition) is 3. The average Bonchev–Trinajstić information content (AvgIpc) is 3.05. The fourth-order valence-electron chi connectivity index (χ4n) is 3.22. The van der Waals surface area contributed by atoms with Crippen molar-refractivity contribution in [3.63, 3.8) is 0 Å². The zero-order valence-corrected chi connectivity index (χ0v) is 11.8. The van der Waals surface area contributed by atoms with E-state index in [0.717, 1.165) is 29.8 Å². The number of aliphatic hydroxyl groups excluding tert-OH is 1. The van der Waals surface area contributed by atoms with Crippen molar-refractivity contribution in [3.8, 4) is 0 Å². The van der Waals surface area contributed by atoms with Crippen LogP contribution < -0.4 is 5.76 Å². The SMILES string of the molecule is Cn1c(=O)oc2cc(C(O)CCC3CCCC3)ccc21. The van der Waals surface area contributed by atoms with Gasteiger partial charge in [-0.3, -0.25) is 4.57 Å². The van der Waals surface area contributed by atoms with Crippen molar-refractivity contribution in [1.82, 2.24) is 4.57 Å². The highest BCUT2D eigenvalue weighted by atomic mass is 16.4. The Hall–Kier alpha value is -1.55.